The van der Waals surface area contributed by atoms with E-state index in [-0.39, 0.29) is 5.60 Å². The average molecular weight is 245 g/mol. The molecule has 1 saturated carbocycles. The van der Waals surface area contributed by atoms with Gasteiger partial charge < -0.3 is 4.74 Å². The largest absolute Gasteiger partial charge is 0.372 e. The molecule has 0 spiro atoms. The molecule has 2 aliphatic rings. The maximum Gasteiger partial charge on any atom is 0.0631 e. The molecule has 0 aromatic carbocycles. The lowest BCUT2D eigenvalue weighted by Crippen LogP contribution is -2.24. The van der Waals surface area contributed by atoms with Gasteiger partial charge >= 0.3 is 0 Å². The quantitative estimate of drug-likeness (QED) is 0.513. The molecule has 16 heavy (non-hydrogen) atoms. The maximum atomic E-state index is 6.48. The molecule has 0 aromatic rings. The third-order valence-corrected chi connectivity index (χ3v) is 4.76. The van der Waals surface area contributed by atoms with Crippen molar-refractivity contribution in [3.05, 3.63) is 0 Å². The first kappa shape index (κ1) is 12.7. The van der Waals surface area contributed by atoms with Crippen LogP contribution in [0.25, 0.3) is 0 Å². The predicted octanol–water partition coefficient (Wildman–Crippen LogP) is 4.52. The van der Waals surface area contributed by atoms with Crippen molar-refractivity contribution >= 4 is 11.6 Å². The van der Waals surface area contributed by atoms with Gasteiger partial charge in [0.25, 0.3) is 0 Å². The standard InChI is InChI=1S/C14H25ClO/c1-14(2)9-8-12(16-14)10-11-6-4-3-5-7-13(11)15/h11-13H,3-10H2,1-2H3. The van der Waals surface area contributed by atoms with E-state index < -0.39 is 0 Å². The Balaban J connectivity index is 1.84. The predicted molar refractivity (Wildman–Crippen MR) is 69.0 cm³/mol. The minimum atomic E-state index is 0.108. The van der Waals surface area contributed by atoms with Gasteiger partial charge in [-0.1, -0.05) is 19.3 Å². The van der Waals surface area contributed by atoms with Crippen LogP contribution in [0.1, 0.15) is 65.2 Å². The Morgan fingerprint density at radius 1 is 1.12 bits per heavy atom. The molecule has 0 radical (unpaired) electrons. The highest BCUT2D eigenvalue weighted by Gasteiger charge is 2.34. The van der Waals surface area contributed by atoms with Gasteiger partial charge in [0.1, 0.15) is 0 Å². The Morgan fingerprint density at radius 2 is 1.88 bits per heavy atom. The number of alkyl halides is 1. The molecule has 3 atom stereocenters. The number of hydrogen-bond acceptors (Lipinski definition) is 1. The van der Waals surface area contributed by atoms with E-state index in [1.807, 2.05) is 0 Å². The van der Waals surface area contributed by atoms with Gasteiger partial charge in [-0.3, -0.25) is 0 Å². The summed E-state index contributed by atoms with van der Waals surface area (Å²) < 4.78 is 6.08. The second kappa shape index (κ2) is 5.27. The molecule has 1 aliphatic carbocycles. The van der Waals surface area contributed by atoms with E-state index >= 15 is 0 Å². The third kappa shape index (κ3) is 3.37. The second-order valence-electron chi connectivity index (χ2n) is 6.19. The van der Waals surface area contributed by atoms with Crippen LogP contribution >= 0.6 is 11.6 Å². The van der Waals surface area contributed by atoms with Crippen LogP contribution in [0.15, 0.2) is 0 Å². The molecule has 0 amide bonds. The Bertz CT molecular complexity index is 227. The topological polar surface area (TPSA) is 9.23 Å². The fourth-order valence-electron chi connectivity index (χ4n) is 3.19. The first-order valence-electron chi connectivity index (χ1n) is 6.89. The number of rotatable bonds is 2. The van der Waals surface area contributed by atoms with E-state index in [1.165, 1.54) is 51.4 Å². The lowest BCUT2D eigenvalue weighted by molar-refractivity contribution is -0.0251. The van der Waals surface area contributed by atoms with E-state index in [4.69, 9.17) is 16.3 Å². The highest BCUT2D eigenvalue weighted by Crippen LogP contribution is 2.37. The number of ether oxygens (including phenoxy) is 1. The van der Waals surface area contributed by atoms with Crippen molar-refractivity contribution in [2.75, 3.05) is 0 Å². The van der Waals surface area contributed by atoms with Crippen molar-refractivity contribution < 1.29 is 4.74 Å². The molecule has 2 rings (SSSR count). The van der Waals surface area contributed by atoms with Gasteiger partial charge in [0, 0.05) is 5.38 Å². The zero-order valence-electron chi connectivity index (χ0n) is 10.7. The zero-order valence-corrected chi connectivity index (χ0v) is 11.4. The minimum absolute atomic E-state index is 0.108. The van der Waals surface area contributed by atoms with E-state index in [2.05, 4.69) is 13.8 Å². The summed E-state index contributed by atoms with van der Waals surface area (Å²) in [6.07, 6.45) is 10.7. The molecule has 1 aliphatic heterocycles. The monoisotopic (exact) mass is 244 g/mol. The van der Waals surface area contributed by atoms with Crippen LogP contribution in [0.3, 0.4) is 0 Å². The van der Waals surface area contributed by atoms with Crippen LogP contribution in [-0.4, -0.2) is 17.1 Å². The molecular weight excluding hydrogens is 220 g/mol. The Morgan fingerprint density at radius 3 is 2.56 bits per heavy atom. The van der Waals surface area contributed by atoms with Gasteiger partial charge in [0.05, 0.1) is 11.7 Å². The van der Waals surface area contributed by atoms with E-state index in [0.29, 0.717) is 17.4 Å². The fraction of sp³-hybridized carbons (Fsp3) is 1.00. The average Bonchev–Trinajstić information content (AvgIpc) is 2.41. The van der Waals surface area contributed by atoms with Gasteiger partial charge in [-0.15, -0.1) is 11.6 Å². The SMILES string of the molecule is CC1(C)CCC(CC2CCCCCC2Cl)O1. The van der Waals surface area contributed by atoms with Gasteiger partial charge in [0.15, 0.2) is 0 Å². The summed E-state index contributed by atoms with van der Waals surface area (Å²) in [5.41, 5.74) is 0.108. The maximum absolute atomic E-state index is 6.48. The second-order valence-corrected chi connectivity index (χ2v) is 6.75. The zero-order chi connectivity index (χ0) is 11.6. The lowest BCUT2D eigenvalue weighted by atomic mass is 9.92. The normalized spacial score (nSPS) is 39.6. The van der Waals surface area contributed by atoms with Gasteiger partial charge in [0.2, 0.25) is 0 Å². The Labute approximate surface area is 105 Å². The van der Waals surface area contributed by atoms with E-state index in [0.717, 1.165) is 0 Å². The number of halogens is 1. The molecule has 2 heteroatoms. The summed E-state index contributed by atoms with van der Waals surface area (Å²) in [6, 6.07) is 0. The van der Waals surface area contributed by atoms with Crippen molar-refractivity contribution in [2.45, 2.75) is 82.3 Å². The van der Waals surface area contributed by atoms with Gasteiger partial charge in [-0.25, -0.2) is 0 Å². The molecule has 0 N–H and O–H groups in total. The third-order valence-electron chi connectivity index (χ3n) is 4.19. The summed E-state index contributed by atoms with van der Waals surface area (Å²) in [6.45, 7) is 4.41. The summed E-state index contributed by atoms with van der Waals surface area (Å²) in [5, 5.41) is 0.398. The molecule has 0 bridgehead atoms. The highest BCUT2D eigenvalue weighted by molar-refractivity contribution is 6.20. The minimum Gasteiger partial charge on any atom is -0.372 e. The summed E-state index contributed by atoms with van der Waals surface area (Å²) >= 11 is 6.48. The van der Waals surface area contributed by atoms with Crippen molar-refractivity contribution in [3.8, 4) is 0 Å². The van der Waals surface area contributed by atoms with Crippen molar-refractivity contribution in [3.63, 3.8) is 0 Å². The molecule has 3 unspecified atom stereocenters. The lowest BCUT2D eigenvalue weighted by Gasteiger charge is -2.25. The highest BCUT2D eigenvalue weighted by atomic mass is 35.5. The van der Waals surface area contributed by atoms with Crippen LogP contribution in [0.5, 0.6) is 0 Å². The molecule has 94 valence electrons. The molecule has 1 nitrogen and oxygen atoms in total. The van der Waals surface area contributed by atoms with Crippen molar-refractivity contribution in [1.82, 2.24) is 0 Å². The smallest absolute Gasteiger partial charge is 0.0631 e. The van der Waals surface area contributed by atoms with Crippen LogP contribution in [0.4, 0.5) is 0 Å². The van der Waals surface area contributed by atoms with Crippen LogP contribution in [0, 0.1) is 5.92 Å². The van der Waals surface area contributed by atoms with Crippen molar-refractivity contribution in [1.29, 1.82) is 0 Å². The molecule has 1 saturated heterocycles. The van der Waals surface area contributed by atoms with Crippen LogP contribution < -0.4 is 0 Å². The van der Waals surface area contributed by atoms with Crippen molar-refractivity contribution in [2.24, 2.45) is 5.92 Å². The summed E-state index contributed by atoms with van der Waals surface area (Å²) in [4.78, 5) is 0. The first-order valence-corrected chi connectivity index (χ1v) is 7.32. The molecule has 2 fully saturated rings. The van der Waals surface area contributed by atoms with Gasteiger partial charge in [-0.05, 0) is 51.9 Å². The molecule has 1 heterocycles. The van der Waals surface area contributed by atoms with Crippen LogP contribution in [0.2, 0.25) is 0 Å². The van der Waals surface area contributed by atoms with E-state index in [9.17, 15) is 0 Å². The van der Waals surface area contributed by atoms with Crippen LogP contribution in [-0.2, 0) is 4.74 Å². The van der Waals surface area contributed by atoms with E-state index in [1.54, 1.807) is 0 Å². The summed E-state index contributed by atoms with van der Waals surface area (Å²) in [5.74, 6) is 0.697. The summed E-state index contributed by atoms with van der Waals surface area (Å²) in [7, 11) is 0. The first-order chi connectivity index (χ1) is 7.57. The Kier molecular flexibility index (Phi) is 4.18. The van der Waals surface area contributed by atoms with Gasteiger partial charge in [-0.2, -0.15) is 0 Å². The number of hydrogen-bond donors (Lipinski definition) is 0. The Hall–Kier alpha value is 0.250. The fourth-order valence-corrected chi connectivity index (χ4v) is 3.57. The molecule has 0 aromatic heterocycles. The molecular formula is C14H25ClO.